The number of rotatable bonds is 7. The van der Waals surface area contributed by atoms with Crippen molar-refractivity contribution in [2.75, 3.05) is 33.4 Å². The summed E-state index contributed by atoms with van der Waals surface area (Å²) in [6.45, 7) is 1.39. The van der Waals surface area contributed by atoms with Crippen molar-refractivity contribution in [3.8, 4) is 40.1 Å². The van der Waals surface area contributed by atoms with Crippen LogP contribution in [-0.4, -0.2) is 59.0 Å². The third-order valence-electron chi connectivity index (χ3n) is 5.84. The molecule has 6 nitrogen and oxygen atoms in total. The van der Waals surface area contributed by atoms with Crippen LogP contribution in [0.2, 0.25) is 10.0 Å². The number of methoxy groups -OCH3 is 1. The smallest absolute Gasteiger partial charge is 0.250 e. The molecule has 0 atom stereocenters. The Morgan fingerprint density at radius 2 is 1.71 bits per heavy atom. The van der Waals surface area contributed by atoms with Crippen molar-refractivity contribution >= 4 is 23.2 Å². The molecule has 1 aliphatic heterocycles. The van der Waals surface area contributed by atoms with Crippen LogP contribution in [0.25, 0.3) is 16.8 Å². The topological polar surface area (TPSA) is 67.1 Å². The summed E-state index contributed by atoms with van der Waals surface area (Å²) in [6.07, 6.45) is -0.307. The highest BCUT2D eigenvalue weighted by Gasteiger charge is 2.33. The molecule has 2 N–H and O–H groups in total. The maximum Gasteiger partial charge on any atom is 0.250 e. The number of aromatic nitrogens is 1. The van der Waals surface area contributed by atoms with E-state index in [-0.39, 0.29) is 31.2 Å². The van der Waals surface area contributed by atoms with Gasteiger partial charge in [0.25, 0.3) is 5.92 Å². The van der Waals surface area contributed by atoms with Crippen LogP contribution < -0.4 is 9.47 Å². The van der Waals surface area contributed by atoms with Gasteiger partial charge in [-0.05, 0) is 29.8 Å². The summed E-state index contributed by atoms with van der Waals surface area (Å²) in [5.41, 5.74) is 1.39. The number of benzene rings is 2. The van der Waals surface area contributed by atoms with E-state index in [0.29, 0.717) is 58.0 Å². The molecule has 0 amide bonds. The van der Waals surface area contributed by atoms with Crippen molar-refractivity contribution in [1.82, 2.24) is 9.47 Å². The van der Waals surface area contributed by atoms with Gasteiger partial charge in [0.05, 0.1) is 22.8 Å². The van der Waals surface area contributed by atoms with E-state index < -0.39 is 5.92 Å². The van der Waals surface area contributed by atoms with Crippen LogP contribution in [0.4, 0.5) is 8.78 Å². The second kappa shape index (κ2) is 9.90. The van der Waals surface area contributed by atoms with Gasteiger partial charge < -0.3 is 19.7 Å². The van der Waals surface area contributed by atoms with E-state index in [2.05, 4.69) is 0 Å². The molecule has 3 aromatic rings. The molecule has 0 bridgehead atoms. The van der Waals surface area contributed by atoms with Crippen LogP contribution in [0, 0.1) is 0 Å². The number of alkyl halides is 2. The lowest BCUT2D eigenvalue weighted by molar-refractivity contribution is -0.0564. The molecule has 0 unspecified atom stereocenters. The minimum Gasteiger partial charge on any atom is -0.494 e. The predicted molar refractivity (Wildman–Crippen MR) is 127 cm³/mol. The summed E-state index contributed by atoms with van der Waals surface area (Å²) in [5, 5.41) is 22.1. The molecule has 1 fully saturated rings. The maximum absolute atomic E-state index is 13.4. The molecular weight excluding hydrogens is 489 g/mol. The van der Waals surface area contributed by atoms with Gasteiger partial charge in [0.2, 0.25) is 5.88 Å². The minimum absolute atomic E-state index is 0.154. The van der Waals surface area contributed by atoms with Gasteiger partial charge in [-0.25, -0.2) is 8.78 Å². The Bertz CT molecular complexity index is 1180. The zero-order chi connectivity index (χ0) is 24.5. The summed E-state index contributed by atoms with van der Waals surface area (Å²) >= 11 is 12.1. The molecule has 1 aromatic heterocycles. The van der Waals surface area contributed by atoms with Crippen LogP contribution in [0.3, 0.4) is 0 Å². The molecule has 182 valence electrons. The average Bonchev–Trinajstić information content (AvgIpc) is 3.10. The average molecular weight is 513 g/mol. The predicted octanol–water partition coefficient (Wildman–Crippen LogP) is 5.98. The molecule has 0 aliphatic carbocycles. The molecule has 4 rings (SSSR count). The van der Waals surface area contributed by atoms with Crippen molar-refractivity contribution < 1.29 is 28.5 Å². The lowest BCUT2D eigenvalue weighted by Crippen LogP contribution is -2.41. The standard InChI is InChI=1S/C24H24Cl2F2N2O4/c1-33-20-5-3-16(13-21(20)34-11-10-29-8-6-24(27,28)7-9-29)30-22(31)14-17(23(30)32)15-2-4-18(25)19(26)12-15/h2-5,12-14,31-32H,6-11H2,1H3. The summed E-state index contributed by atoms with van der Waals surface area (Å²) < 4.78 is 39.2. The third-order valence-corrected chi connectivity index (χ3v) is 6.58. The molecule has 34 heavy (non-hydrogen) atoms. The van der Waals surface area contributed by atoms with Crippen LogP contribution in [0.1, 0.15) is 12.8 Å². The molecule has 0 saturated carbocycles. The number of hydrogen-bond donors (Lipinski definition) is 2. The van der Waals surface area contributed by atoms with Gasteiger partial charge >= 0.3 is 0 Å². The molecule has 0 spiro atoms. The Morgan fingerprint density at radius 3 is 2.38 bits per heavy atom. The van der Waals surface area contributed by atoms with Gasteiger partial charge in [-0.1, -0.05) is 29.3 Å². The summed E-state index contributed by atoms with van der Waals surface area (Å²) in [4.78, 5) is 1.93. The number of nitrogens with zero attached hydrogens (tertiary/aromatic N) is 2. The fourth-order valence-electron chi connectivity index (χ4n) is 3.92. The number of likely N-dealkylation sites (tertiary alicyclic amines) is 1. The zero-order valence-electron chi connectivity index (χ0n) is 18.4. The number of hydrogen-bond acceptors (Lipinski definition) is 5. The lowest BCUT2D eigenvalue weighted by atomic mass is 10.1. The highest BCUT2D eigenvalue weighted by molar-refractivity contribution is 6.42. The molecule has 1 saturated heterocycles. The van der Waals surface area contributed by atoms with Gasteiger partial charge in [0.1, 0.15) is 6.61 Å². The summed E-state index contributed by atoms with van der Waals surface area (Å²) in [6, 6.07) is 11.3. The maximum atomic E-state index is 13.4. The Labute approximate surface area is 205 Å². The SMILES string of the molecule is COc1ccc(-n2c(O)cc(-c3ccc(Cl)c(Cl)c3)c2O)cc1OCCN1CCC(F)(F)CC1. The first kappa shape index (κ1) is 24.4. The van der Waals surface area contributed by atoms with Crippen LogP contribution in [0.5, 0.6) is 23.3 Å². The molecular formula is C24H24Cl2F2N2O4. The minimum atomic E-state index is -2.59. The molecule has 2 aromatic carbocycles. The van der Waals surface area contributed by atoms with E-state index in [1.807, 2.05) is 4.90 Å². The number of ether oxygens (including phenoxy) is 2. The third kappa shape index (κ3) is 5.19. The van der Waals surface area contributed by atoms with E-state index in [0.717, 1.165) is 0 Å². The number of aromatic hydroxyl groups is 2. The summed E-state index contributed by atoms with van der Waals surface area (Å²) in [7, 11) is 1.50. The number of halogens is 4. The Kier molecular flexibility index (Phi) is 7.12. The Hall–Kier alpha value is -2.68. The van der Waals surface area contributed by atoms with Gasteiger partial charge in [-0.2, -0.15) is 0 Å². The highest BCUT2D eigenvalue weighted by atomic mass is 35.5. The molecule has 10 heteroatoms. The Balaban J connectivity index is 1.54. The second-order valence-corrected chi connectivity index (χ2v) is 8.90. The van der Waals surface area contributed by atoms with Crippen LogP contribution >= 0.6 is 23.2 Å². The monoisotopic (exact) mass is 512 g/mol. The fraction of sp³-hybridized carbons (Fsp3) is 0.333. The van der Waals surface area contributed by atoms with E-state index >= 15 is 0 Å². The van der Waals surface area contributed by atoms with Gasteiger partial charge in [0, 0.05) is 50.2 Å². The highest BCUT2D eigenvalue weighted by Crippen LogP contribution is 2.41. The fourth-order valence-corrected chi connectivity index (χ4v) is 4.22. The normalized spacial score (nSPS) is 15.9. The van der Waals surface area contributed by atoms with Crippen molar-refractivity contribution in [2.45, 2.75) is 18.8 Å². The van der Waals surface area contributed by atoms with E-state index in [4.69, 9.17) is 32.7 Å². The Morgan fingerprint density at radius 1 is 0.971 bits per heavy atom. The first-order valence-electron chi connectivity index (χ1n) is 10.7. The van der Waals surface area contributed by atoms with Crippen molar-refractivity contribution in [2.24, 2.45) is 0 Å². The van der Waals surface area contributed by atoms with Crippen molar-refractivity contribution in [3.63, 3.8) is 0 Å². The van der Waals surface area contributed by atoms with Crippen molar-refractivity contribution in [3.05, 3.63) is 52.5 Å². The largest absolute Gasteiger partial charge is 0.494 e. The zero-order valence-corrected chi connectivity index (χ0v) is 19.9. The van der Waals surface area contributed by atoms with Gasteiger partial charge in [-0.3, -0.25) is 9.47 Å². The van der Waals surface area contributed by atoms with E-state index in [1.165, 1.54) is 17.7 Å². The van der Waals surface area contributed by atoms with E-state index in [1.54, 1.807) is 36.4 Å². The second-order valence-electron chi connectivity index (χ2n) is 8.09. The van der Waals surface area contributed by atoms with E-state index in [9.17, 15) is 19.0 Å². The van der Waals surface area contributed by atoms with Crippen LogP contribution in [-0.2, 0) is 0 Å². The van der Waals surface area contributed by atoms with Gasteiger partial charge in [0.15, 0.2) is 17.4 Å². The first-order valence-corrected chi connectivity index (χ1v) is 11.4. The molecule has 0 radical (unpaired) electrons. The first-order chi connectivity index (χ1) is 16.2. The number of piperidine rings is 1. The van der Waals surface area contributed by atoms with Crippen molar-refractivity contribution in [1.29, 1.82) is 0 Å². The quantitative estimate of drug-likeness (QED) is 0.407. The summed E-state index contributed by atoms with van der Waals surface area (Å²) in [5.74, 6) is -2.12. The molecule has 1 aliphatic rings. The lowest BCUT2D eigenvalue weighted by Gasteiger charge is -2.31. The van der Waals surface area contributed by atoms with Gasteiger partial charge in [-0.15, -0.1) is 0 Å². The van der Waals surface area contributed by atoms with Crippen LogP contribution in [0.15, 0.2) is 42.5 Å². The molecule has 2 heterocycles.